The fraction of sp³-hybridized carbons (Fsp3) is 0.0667. The Bertz CT molecular complexity index is 2090. The topological polar surface area (TPSA) is 78.1 Å². The summed E-state index contributed by atoms with van der Waals surface area (Å²) in [6.07, 6.45) is 3.19. The summed E-state index contributed by atoms with van der Waals surface area (Å²) in [6.45, 7) is 1.98. The molecule has 6 aromatic rings. The molecule has 6 rings (SSSR count). The standard InChI is InChI=1S/C15H11Br2NO2S.C15H12BrNO2S/c16-10-12-8-11-6-7-18(15(11)9-14(12)17)21(19,20)13-4-2-1-3-5-13;1-11-9-12-7-8-17(15(12)10-14(11)16)20(18,19)13-5-3-2-4-6-13/h1-9H,10H2;2-10H,1H3. The van der Waals surface area contributed by atoms with Crippen LogP contribution in [0.25, 0.3) is 21.8 Å². The van der Waals surface area contributed by atoms with Crippen LogP contribution in [0, 0.1) is 6.92 Å². The van der Waals surface area contributed by atoms with Gasteiger partial charge in [-0.2, -0.15) is 0 Å². The van der Waals surface area contributed by atoms with Gasteiger partial charge in [0.1, 0.15) is 0 Å². The second kappa shape index (κ2) is 11.9. The first-order valence-electron chi connectivity index (χ1n) is 12.3. The zero-order chi connectivity index (χ0) is 29.4. The summed E-state index contributed by atoms with van der Waals surface area (Å²) in [5.41, 5.74) is 3.49. The quantitative estimate of drug-likeness (QED) is 0.165. The van der Waals surface area contributed by atoms with Crippen LogP contribution in [0.15, 0.2) is 128 Å². The number of alkyl halides is 1. The molecule has 0 amide bonds. The van der Waals surface area contributed by atoms with E-state index in [2.05, 4.69) is 47.8 Å². The Balaban J connectivity index is 0.000000165. The highest BCUT2D eigenvalue weighted by Crippen LogP contribution is 2.30. The molecule has 11 heteroatoms. The fourth-order valence-corrected chi connectivity index (χ4v) is 8.73. The number of rotatable bonds is 5. The molecule has 0 atom stereocenters. The number of aromatic nitrogens is 2. The van der Waals surface area contributed by atoms with Gasteiger partial charge in [-0.05, 0) is 78.7 Å². The van der Waals surface area contributed by atoms with Crippen molar-refractivity contribution in [1.29, 1.82) is 0 Å². The van der Waals surface area contributed by atoms with Crippen molar-refractivity contribution in [3.63, 3.8) is 0 Å². The minimum Gasteiger partial charge on any atom is -0.241 e. The van der Waals surface area contributed by atoms with Crippen molar-refractivity contribution >= 4 is 89.6 Å². The van der Waals surface area contributed by atoms with Crippen LogP contribution >= 0.6 is 47.8 Å². The molecule has 0 bridgehead atoms. The van der Waals surface area contributed by atoms with E-state index >= 15 is 0 Å². The summed E-state index contributed by atoms with van der Waals surface area (Å²) < 4.78 is 55.2. The minimum absolute atomic E-state index is 0.281. The fourth-order valence-electron chi connectivity index (χ4n) is 4.36. The number of nitrogens with zero attached hydrogens (tertiary/aromatic N) is 2. The maximum atomic E-state index is 12.7. The molecule has 0 aliphatic heterocycles. The van der Waals surface area contributed by atoms with Gasteiger partial charge in [-0.1, -0.05) is 84.2 Å². The van der Waals surface area contributed by atoms with Gasteiger partial charge in [0, 0.05) is 37.4 Å². The van der Waals surface area contributed by atoms with Crippen molar-refractivity contribution in [1.82, 2.24) is 7.94 Å². The van der Waals surface area contributed by atoms with E-state index in [1.165, 1.54) is 7.94 Å². The SMILES string of the molecule is Cc1cc2ccn(S(=O)(=O)c3ccccc3)c2cc1Br.O=S(=O)(c1ccccc1)n1ccc2cc(CBr)c(Br)cc21. The maximum Gasteiger partial charge on any atom is 0.268 e. The van der Waals surface area contributed by atoms with E-state index in [9.17, 15) is 16.8 Å². The van der Waals surface area contributed by atoms with Crippen LogP contribution < -0.4 is 0 Å². The van der Waals surface area contributed by atoms with Gasteiger partial charge < -0.3 is 0 Å². The van der Waals surface area contributed by atoms with Gasteiger partial charge in [0.15, 0.2) is 0 Å². The number of hydrogen-bond acceptors (Lipinski definition) is 4. The number of benzene rings is 4. The lowest BCUT2D eigenvalue weighted by molar-refractivity contribution is 0.587. The molecule has 41 heavy (non-hydrogen) atoms. The summed E-state index contributed by atoms with van der Waals surface area (Å²) in [5, 5.41) is 2.51. The lowest BCUT2D eigenvalue weighted by Crippen LogP contribution is -2.11. The molecular formula is C30H23Br3N2O4S2. The summed E-state index contributed by atoms with van der Waals surface area (Å²) in [4.78, 5) is 0.567. The predicted molar refractivity (Wildman–Crippen MR) is 175 cm³/mol. The molecule has 0 saturated carbocycles. The van der Waals surface area contributed by atoms with Crippen molar-refractivity contribution in [2.75, 3.05) is 0 Å². The molecule has 0 radical (unpaired) electrons. The highest BCUT2D eigenvalue weighted by molar-refractivity contribution is 9.11. The first-order valence-corrected chi connectivity index (χ1v) is 17.9. The predicted octanol–water partition coefficient (Wildman–Crippen LogP) is 8.48. The molecule has 0 spiro atoms. The van der Waals surface area contributed by atoms with Gasteiger partial charge in [0.2, 0.25) is 0 Å². The second-order valence-corrected chi connectivity index (χ2v) is 15.1. The summed E-state index contributed by atoms with van der Waals surface area (Å²) in [7, 11) is -7.13. The Morgan fingerprint density at radius 1 is 0.610 bits per heavy atom. The Morgan fingerprint density at radius 2 is 1.05 bits per heavy atom. The number of halogens is 3. The molecule has 2 aromatic heterocycles. The third-order valence-electron chi connectivity index (χ3n) is 6.50. The van der Waals surface area contributed by atoms with Crippen LogP contribution in [0.1, 0.15) is 11.1 Å². The first kappa shape index (κ1) is 29.8. The Morgan fingerprint density at radius 3 is 1.51 bits per heavy atom. The third kappa shape index (κ3) is 5.83. The normalized spacial score (nSPS) is 11.9. The van der Waals surface area contributed by atoms with Gasteiger partial charge in [0.25, 0.3) is 20.0 Å². The minimum atomic E-state index is -3.57. The molecule has 6 nitrogen and oxygen atoms in total. The van der Waals surface area contributed by atoms with E-state index in [0.717, 1.165) is 30.8 Å². The monoisotopic (exact) mass is 776 g/mol. The van der Waals surface area contributed by atoms with Crippen LogP contribution in [0.5, 0.6) is 0 Å². The largest absolute Gasteiger partial charge is 0.268 e. The Labute approximate surface area is 264 Å². The van der Waals surface area contributed by atoms with E-state index in [1.54, 1.807) is 73.1 Å². The van der Waals surface area contributed by atoms with Gasteiger partial charge in [-0.25, -0.2) is 24.8 Å². The van der Waals surface area contributed by atoms with E-state index < -0.39 is 20.0 Å². The van der Waals surface area contributed by atoms with E-state index in [0.29, 0.717) is 16.4 Å². The number of hydrogen-bond donors (Lipinski definition) is 0. The first-order chi connectivity index (χ1) is 19.5. The second-order valence-electron chi connectivity index (χ2n) is 9.16. The Kier molecular flexibility index (Phi) is 8.63. The molecule has 0 unspecified atom stereocenters. The van der Waals surface area contributed by atoms with Gasteiger partial charge >= 0.3 is 0 Å². The van der Waals surface area contributed by atoms with Crippen molar-refractivity contribution < 1.29 is 16.8 Å². The molecule has 0 aliphatic carbocycles. The number of aryl methyl sites for hydroxylation is 1. The van der Waals surface area contributed by atoms with E-state index in [4.69, 9.17) is 0 Å². The molecular weight excluding hydrogens is 756 g/mol. The van der Waals surface area contributed by atoms with Gasteiger partial charge in [0.05, 0.1) is 20.8 Å². The smallest absolute Gasteiger partial charge is 0.241 e. The number of fused-ring (bicyclic) bond motifs is 2. The highest BCUT2D eigenvalue weighted by Gasteiger charge is 2.20. The molecule has 0 saturated heterocycles. The van der Waals surface area contributed by atoms with Gasteiger partial charge in [-0.15, -0.1) is 0 Å². The van der Waals surface area contributed by atoms with Crippen molar-refractivity contribution in [3.05, 3.63) is 130 Å². The van der Waals surface area contributed by atoms with Gasteiger partial charge in [-0.3, -0.25) is 0 Å². The van der Waals surface area contributed by atoms with E-state index in [-0.39, 0.29) is 9.79 Å². The van der Waals surface area contributed by atoms with Crippen molar-refractivity contribution in [3.8, 4) is 0 Å². The molecule has 210 valence electrons. The summed E-state index contributed by atoms with van der Waals surface area (Å²) in [6, 6.07) is 28.1. The van der Waals surface area contributed by atoms with Crippen LogP contribution in [0.3, 0.4) is 0 Å². The van der Waals surface area contributed by atoms with E-state index in [1.807, 2.05) is 43.3 Å². The van der Waals surface area contributed by atoms with Crippen LogP contribution in [0.4, 0.5) is 0 Å². The third-order valence-corrected chi connectivity index (χ3v) is 12.1. The average Bonchev–Trinajstić information content (AvgIpc) is 3.58. The van der Waals surface area contributed by atoms with Crippen molar-refractivity contribution in [2.45, 2.75) is 22.0 Å². The zero-order valence-corrected chi connectivity index (χ0v) is 28.0. The maximum absolute atomic E-state index is 12.7. The van der Waals surface area contributed by atoms with Crippen molar-refractivity contribution in [2.24, 2.45) is 0 Å². The molecule has 0 fully saturated rings. The van der Waals surface area contributed by atoms with Crippen LogP contribution in [-0.4, -0.2) is 24.8 Å². The summed E-state index contributed by atoms with van der Waals surface area (Å²) in [5.74, 6) is 0. The lowest BCUT2D eigenvalue weighted by atomic mass is 10.2. The molecule has 0 aliphatic rings. The summed E-state index contributed by atoms with van der Waals surface area (Å²) >= 11 is 10.4. The average molecular weight is 779 g/mol. The molecule has 4 aromatic carbocycles. The molecule has 2 heterocycles. The Hall–Kier alpha value is -2.70. The molecule has 0 N–H and O–H groups in total. The highest BCUT2D eigenvalue weighted by atomic mass is 79.9. The lowest BCUT2D eigenvalue weighted by Gasteiger charge is -2.08. The zero-order valence-electron chi connectivity index (χ0n) is 21.6. The van der Waals surface area contributed by atoms with Crippen LogP contribution in [-0.2, 0) is 25.4 Å². The van der Waals surface area contributed by atoms with Crippen LogP contribution in [0.2, 0.25) is 0 Å².